The molecule has 1 aliphatic rings. The van der Waals surface area contributed by atoms with E-state index in [9.17, 15) is 4.79 Å². The van der Waals surface area contributed by atoms with Crippen LogP contribution in [-0.4, -0.2) is 74.9 Å². The van der Waals surface area contributed by atoms with Crippen molar-refractivity contribution in [2.75, 3.05) is 53.0 Å². The molecule has 140 valence electrons. The number of morpholine rings is 1. The minimum atomic E-state index is -0.0797. The van der Waals surface area contributed by atoms with E-state index in [1.807, 2.05) is 12.1 Å². The molecule has 0 bridgehead atoms. The van der Waals surface area contributed by atoms with Crippen LogP contribution in [0.1, 0.15) is 13.3 Å². The molecule has 0 aliphatic carbocycles. The number of carbonyl (C=O) groups is 1. The van der Waals surface area contributed by atoms with Crippen molar-refractivity contribution < 1.29 is 14.3 Å². The molecule has 0 radical (unpaired) electrons. The van der Waals surface area contributed by atoms with Crippen LogP contribution in [0.15, 0.2) is 24.3 Å². The van der Waals surface area contributed by atoms with Gasteiger partial charge in [0.05, 0.1) is 19.8 Å². The first-order valence-electron chi connectivity index (χ1n) is 8.75. The molecule has 2 rings (SSSR count). The van der Waals surface area contributed by atoms with Gasteiger partial charge >= 0.3 is 6.03 Å². The average molecular weight is 370 g/mol. The van der Waals surface area contributed by atoms with Crippen LogP contribution in [0.25, 0.3) is 0 Å². The molecule has 0 spiro atoms. The summed E-state index contributed by atoms with van der Waals surface area (Å²) in [5.41, 5.74) is 0. The van der Waals surface area contributed by atoms with Gasteiger partial charge in [0.2, 0.25) is 0 Å². The summed E-state index contributed by atoms with van der Waals surface area (Å²) in [4.78, 5) is 16.1. The third-order valence-electron chi connectivity index (χ3n) is 4.35. The standard InChI is InChI=1S/C18H28ClN3O3/c1-15(22-9-11-24-12-10-22)6-7-20-18(23)21(2)8-13-25-17-5-3-4-16(19)14-17/h3-5,14-15H,6-13H2,1-2H3,(H,20,23)/t15-/m0/s1. The lowest BCUT2D eigenvalue weighted by Crippen LogP contribution is -2.45. The molecule has 7 heteroatoms. The van der Waals surface area contributed by atoms with E-state index < -0.39 is 0 Å². The Labute approximate surface area is 155 Å². The monoisotopic (exact) mass is 369 g/mol. The highest BCUT2D eigenvalue weighted by molar-refractivity contribution is 6.30. The van der Waals surface area contributed by atoms with Crippen LogP contribution >= 0.6 is 11.6 Å². The Bertz CT molecular complexity index is 538. The van der Waals surface area contributed by atoms with Crippen molar-refractivity contribution in [2.24, 2.45) is 0 Å². The van der Waals surface area contributed by atoms with Gasteiger partial charge in [-0.3, -0.25) is 4.90 Å². The molecule has 25 heavy (non-hydrogen) atoms. The van der Waals surface area contributed by atoms with Gasteiger partial charge in [0.25, 0.3) is 0 Å². The van der Waals surface area contributed by atoms with Crippen LogP contribution in [0.5, 0.6) is 5.75 Å². The van der Waals surface area contributed by atoms with Gasteiger partial charge in [-0.25, -0.2) is 4.79 Å². The summed E-state index contributed by atoms with van der Waals surface area (Å²) in [6.45, 7) is 7.33. The lowest BCUT2D eigenvalue weighted by atomic mass is 10.2. The molecule has 1 atom stereocenters. The molecule has 1 aromatic carbocycles. The fourth-order valence-corrected chi connectivity index (χ4v) is 2.86. The summed E-state index contributed by atoms with van der Waals surface area (Å²) in [7, 11) is 1.77. The van der Waals surface area contributed by atoms with E-state index in [0.29, 0.717) is 36.5 Å². The highest BCUT2D eigenvalue weighted by Gasteiger charge is 2.17. The maximum atomic E-state index is 12.1. The number of amides is 2. The van der Waals surface area contributed by atoms with Crippen molar-refractivity contribution in [1.29, 1.82) is 0 Å². The molecule has 0 unspecified atom stereocenters. The molecule has 2 amide bonds. The van der Waals surface area contributed by atoms with Gasteiger partial charge < -0.3 is 19.7 Å². The van der Waals surface area contributed by atoms with Gasteiger partial charge in [0.15, 0.2) is 0 Å². The zero-order chi connectivity index (χ0) is 18.1. The minimum Gasteiger partial charge on any atom is -0.492 e. The quantitative estimate of drug-likeness (QED) is 0.764. The Kier molecular flexibility index (Phi) is 8.31. The second-order valence-corrected chi connectivity index (χ2v) is 6.68. The van der Waals surface area contributed by atoms with Gasteiger partial charge in [-0.2, -0.15) is 0 Å². The molecule has 1 fully saturated rings. The summed E-state index contributed by atoms with van der Waals surface area (Å²) in [6.07, 6.45) is 0.929. The number of nitrogens with zero attached hydrogens (tertiary/aromatic N) is 2. The highest BCUT2D eigenvalue weighted by Crippen LogP contribution is 2.16. The van der Waals surface area contributed by atoms with Gasteiger partial charge in [0.1, 0.15) is 12.4 Å². The number of rotatable bonds is 8. The molecule has 1 heterocycles. The number of nitrogens with one attached hydrogen (secondary N) is 1. The van der Waals surface area contributed by atoms with E-state index in [2.05, 4.69) is 17.1 Å². The van der Waals surface area contributed by atoms with Gasteiger partial charge in [-0.05, 0) is 31.5 Å². The largest absolute Gasteiger partial charge is 0.492 e. The summed E-state index contributed by atoms with van der Waals surface area (Å²) >= 11 is 5.91. The summed E-state index contributed by atoms with van der Waals surface area (Å²) < 4.78 is 11.0. The Balaban J connectivity index is 1.59. The van der Waals surface area contributed by atoms with Crippen LogP contribution in [0.4, 0.5) is 4.79 Å². The van der Waals surface area contributed by atoms with Crippen molar-refractivity contribution in [2.45, 2.75) is 19.4 Å². The predicted octanol–water partition coefficient (Wildman–Crippen LogP) is 2.47. The number of ether oxygens (including phenoxy) is 2. The summed E-state index contributed by atoms with van der Waals surface area (Å²) in [5.74, 6) is 0.709. The maximum absolute atomic E-state index is 12.1. The zero-order valence-electron chi connectivity index (χ0n) is 15.0. The summed E-state index contributed by atoms with van der Waals surface area (Å²) in [5, 5.41) is 3.60. The normalized spacial score (nSPS) is 16.3. The first kappa shape index (κ1) is 19.8. The third kappa shape index (κ3) is 7.10. The SMILES string of the molecule is C[C@@H](CCNC(=O)N(C)CCOc1cccc(Cl)c1)N1CCOCC1. The van der Waals surface area contributed by atoms with E-state index >= 15 is 0 Å². The Morgan fingerprint density at radius 1 is 1.44 bits per heavy atom. The fourth-order valence-electron chi connectivity index (χ4n) is 2.68. The maximum Gasteiger partial charge on any atom is 0.317 e. The smallest absolute Gasteiger partial charge is 0.317 e. The van der Waals surface area contributed by atoms with E-state index in [0.717, 1.165) is 32.7 Å². The molecule has 0 aromatic heterocycles. The van der Waals surface area contributed by atoms with Crippen molar-refractivity contribution in [3.63, 3.8) is 0 Å². The van der Waals surface area contributed by atoms with Gasteiger partial charge in [-0.1, -0.05) is 17.7 Å². The van der Waals surface area contributed by atoms with Crippen LogP contribution in [-0.2, 0) is 4.74 Å². The average Bonchev–Trinajstić information content (AvgIpc) is 2.62. The number of urea groups is 1. The summed E-state index contributed by atoms with van der Waals surface area (Å²) in [6, 6.07) is 7.60. The molecule has 6 nitrogen and oxygen atoms in total. The van der Waals surface area contributed by atoms with Crippen molar-refractivity contribution in [1.82, 2.24) is 15.1 Å². The molecule has 1 saturated heterocycles. The Morgan fingerprint density at radius 3 is 2.92 bits per heavy atom. The lowest BCUT2D eigenvalue weighted by molar-refractivity contribution is 0.0188. The van der Waals surface area contributed by atoms with E-state index in [4.69, 9.17) is 21.1 Å². The number of likely N-dealkylation sites (N-methyl/N-ethyl adjacent to an activating group) is 1. The molecular formula is C18H28ClN3O3. The minimum absolute atomic E-state index is 0.0797. The second-order valence-electron chi connectivity index (χ2n) is 6.25. The van der Waals surface area contributed by atoms with Gasteiger partial charge in [-0.15, -0.1) is 0 Å². The molecular weight excluding hydrogens is 342 g/mol. The Hall–Kier alpha value is -1.50. The van der Waals surface area contributed by atoms with Crippen LogP contribution < -0.4 is 10.1 Å². The lowest BCUT2D eigenvalue weighted by Gasteiger charge is -2.32. The molecule has 1 aliphatic heterocycles. The number of halogens is 1. The van der Waals surface area contributed by atoms with E-state index in [-0.39, 0.29) is 6.03 Å². The Morgan fingerprint density at radius 2 is 2.20 bits per heavy atom. The van der Waals surface area contributed by atoms with Crippen LogP contribution in [0.2, 0.25) is 5.02 Å². The molecule has 1 N–H and O–H groups in total. The molecule has 0 saturated carbocycles. The van der Waals surface area contributed by atoms with Crippen molar-refractivity contribution in [3.05, 3.63) is 29.3 Å². The number of carbonyl (C=O) groups excluding carboxylic acids is 1. The van der Waals surface area contributed by atoms with Gasteiger partial charge in [0, 0.05) is 37.7 Å². The first-order valence-corrected chi connectivity index (χ1v) is 9.13. The second kappa shape index (κ2) is 10.5. The third-order valence-corrected chi connectivity index (χ3v) is 4.58. The van der Waals surface area contributed by atoms with Crippen LogP contribution in [0.3, 0.4) is 0 Å². The van der Waals surface area contributed by atoms with Crippen molar-refractivity contribution in [3.8, 4) is 5.75 Å². The number of hydrogen-bond donors (Lipinski definition) is 1. The topological polar surface area (TPSA) is 54.0 Å². The molecule has 1 aromatic rings. The fraction of sp³-hybridized carbons (Fsp3) is 0.611. The van der Waals surface area contributed by atoms with E-state index in [1.165, 1.54) is 0 Å². The number of benzene rings is 1. The zero-order valence-corrected chi connectivity index (χ0v) is 15.8. The van der Waals surface area contributed by atoms with Crippen molar-refractivity contribution >= 4 is 17.6 Å². The first-order chi connectivity index (χ1) is 12.1. The highest BCUT2D eigenvalue weighted by atomic mass is 35.5. The van der Waals surface area contributed by atoms with Crippen LogP contribution in [0, 0.1) is 0 Å². The number of hydrogen-bond acceptors (Lipinski definition) is 4. The van der Waals surface area contributed by atoms with E-state index in [1.54, 1.807) is 24.1 Å². The predicted molar refractivity (Wildman–Crippen MR) is 99.4 cm³/mol.